The molecule has 1 N–H and O–H groups in total. The SMILES string of the molecule is CCNC(Cc1cccc(F)c1F)c1cc(C)ccc1Br. The minimum Gasteiger partial charge on any atom is -0.310 e. The first-order valence-electron chi connectivity index (χ1n) is 6.95. The lowest BCUT2D eigenvalue weighted by atomic mass is 9.97. The van der Waals surface area contributed by atoms with Crippen LogP contribution in [0, 0.1) is 18.6 Å². The molecule has 21 heavy (non-hydrogen) atoms. The number of aryl methyl sites for hydroxylation is 1. The molecule has 2 aromatic rings. The molecule has 0 bridgehead atoms. The van der Waals surface area contributed by atoms with Crippen molar-refractivity contribution in [2.24, 2.45) is 0 Å². The van der Waals surface area contributed by atoms with Gasteiger partial charge in [0.25, 0.3) is 0 Å². The molecule has 112 valence electrons. The summed E-state index contributed by atoms with van der Waals surface area (Å²) in [5.41, 5.74) is 2.57. The molecule has 4 heteroatoms. The van der Waals surface area contributed by atoms with Crippen molar-refractivity contribution < 1.29 is 8.78 Å². The van der Waals surface area contributed by atoms with E-state index in [0.29, 0.717) is 12.0 Å². The van der Waals surface area contributed by atoms with Gasteiger partial charge in [-0.25, -0.2) is 8.78 Å². The molecule has 2 rings (SSSR count). The Labute approximate surface area is 132 Å². The molecule has 0 radical (unpaired) electrons. The Hall–Kier alpha value is -1.26. The van der Waals surface area contributed by atoms with Crippen LogP contribution in [0.25, 0.3) is 0 Å². The molecular weight excluding hydrogens is 336 g/mol. The molecular formula is C17H18BrF2N. The minimum absolute atomic E-state index is 0.0689. The van der Waals surface area contributed by atoms with Crippen molar-refractivity contribution in [3.05, 3.63) is 69.2 Å². The monoisotopic (exact) mass is 353 g/mol. The van der Waals surface area contributed by atoms with Gasteiger partial charge in [0.15, 0.2) is 11.6 Å². The van der Waals surface area contributed by atoms with Crippen LogP contribution in [-0.4, -0.2) is 6.54 Å². The molecule has 0 aromatic heterocycles. The highest BCUT2D eigenvalue weighted by Gasteiger charge is 2.17. The topological polar surface area (TPSA) is 12.0 Å². The van der Waals surface area contributed by atoms with E-state index in [1.54, 1.807) is 12.1 Å². The van der Waals surface area contributed by atoms with E-state index in [1.807, 2.05) is 26.0 Å². The van der Waals surface area contributed by atoms with E-state index < -0.39 is 11.6 Å². The lowest BCUT2D eigenvalue weighted by Crippen LogP contribution is -2.24. The van der Waals surface area contributed by atoms with Gasteiger partial charge in [-0.1, -0.05) is 52.7 Å². The van der Waals surface area contributed by atoms with E-state index in [1.165, 1.54) is 0 Å². The van der Waals surface area contributed by atoms with Gasteiger partial charge in [0.05, 0.1) is 0 Å². The summed E-state index contributed by atoms with van der Waals surface area (Å²) in [6, 6.07) is 10.3. The highest BCUT2D eigenvalue weighted by Crippen LogP contribution is 2.28. The van der Waals surface area contributed by atoms with Gasteiger partial charge in [0, 0.05) is 10.5 Å². The van der Waals surface area contributed by atoms with Crippen LogP contribution in [0.1, 0.15) is 29.7 Å². The molecule has 1 atom stereocenters. The summed E-state index contributed by atoms with van der Waals surface area (Å²) in [4.78, 5) is 0. The van der Waals surface area contributed by atoms with E-state index in [9.17, 15) is 8.78 Å². The molecule has 0 saturated heterocycles. The lowest BCUT2D eigenvalue weighted by Gasteiger charge is -2.21. The molecule has 0 fully saturated rings. The maximum Gasteiger partial charge on any atom is 0.162 e. The van der Waals surface area contributed by atoms with Crippen LogP contribution in [0.5, 0.6) is 0 Å². The molecule has 0 saturated carbocycles. The van der Waals surface area contributed by atoms with E-state index in [2.05, 4.69) is 27.3 Å². The zero-order valence-corrected chi connectivity index (χ0v) is 13.7. The largest absolute Gasteiger partial charge is 0.310 e. The van der Waals surface area contributed by atoms with Crippen molar-refractivity contribution in [2.45, 2.75) is 26.3 Å². The summed E-state index contributed by atoms with van der Waals surface area (Å²) in [7, 11) is 0. The van der Waals surface area contributed by atoms with Crippen LogP contribution >= 0.6 is 15.9 Å². The third-order valence-corrected chi connectivity index (χ3v) is 4.16. The minimum atomic E-state index is -0.800. The number of nitrogens with one attached hydrogen (secondary N) is 1. The first-order valence-corrected chi connectivity index (χ1v) is 7.74. The van der Waals surface area contributed by atoms with Crippen molar-refractivity contribution in [3.63, 3.8) is 0 Å². The van der Waals surface area contributed by atoms with E-state index in [4.69, 9.17) is 0 Å². The third kappa shape index (κ3) is 3.89. The Kier molecular flexibility index (Phi) is 5.48. The van der Waals surface area contributed by atoms with Crippen LogP contribution in [-0.2, 0) is 6.42 Å². The Morgan fingerprint density at radius 3 is 2.67 bits per heavy atom. The van der Waals surface area contributed by atoms with Gasteiger partial charge in [-0.15, -0.1) is 0 Å². The first-order chi connectivity index (χ1) is 10.0. The van der Waals surface area contributed by atoms with Crippen molar-refractivity contribution >= 4 is 15.9 Å². The van der Waals surface area contributed by atoms with Crippen LogP contribution in [0.3, 0.4) is 0 Å². The van der Waals surface area contributed by atoms with Crippen molar-refractivity contribution in [1.29, 1.82) is 0 Å². The average Bonchev–Trinajstić information content (AvgIpc) is 2.46. The molecule has 0 aliphatic heterocycles. The predicted octanol–water partition coefficient (Wildman–Crippen LogP) is 4.93. The van der Waals surface area contributed by atoms with Gasteiger partial charge in [0.1, 0.15) is 0 Å². The van der Waals surface area contributed by atoms with Crippen molar-refractivity contribution in [2.75, 3.05) is 6.54 Å². The van der Waals surface area contributed by atoms with Gasteiger partial charge < -0.3 is 5.32 Å². The van der Waals surface area contributed by atoms with Crippen LogP contribution in [0.4, 0.5) is 8.78 Å². The average molecular weight is 354 g/mol. The molecule has 0 amide bonds. The number of benzene rings is 2. The van der Waals surface area contributed by atoms with Gasteiger partial charge in [0.2, 0.25) is 0 Å². The first kappa shape index (κ1) is 16.1. The Morgan fingerprint density at radius 2 is 1.95 bits per heavy atom. The zero-order valence-electron chi connectivity index (χ0n) is 12.1. The van der Waals surface area contributed by atoms with Crippen LogP contribution in [0.2, 0.25) is 0 Å². The van der Waals surface area contributed by atoms with E-state index >= 15 is 0 Å². The second kappa shape index (κ2) is 7.14. The quantitative estimate of drug-likeness (QED) is 0.803. The van der Waals surface area contributed by atoms with Gasteiger partial charge in [-0.2, -0.15) is 0 Å². The summed E-state index contributed by atoms with van der Waals surface area (Å²) in [5, 5.41) is 3.34. The van der Waals surface area contributed by atoms with Crippen LogP contribution in [0.15, 0.2) is 40.9 Å². The lowest BCUT2D eigenvalue weighted by molar-refractivity contribution is 0.480. The molecule has 1 unspecified atom stereocenters. The Balaban J connectivity index is 2.35. The molecule has 0 aliphatic rings. The Bertz CT molecular complexity index is 628. The second-order valence-electron chi connectivity index (χ2n) is 5.05. The summed E-state index contributed by atoms with van der Waals surface area (Å²) >= 11 is 3.54. The number of hydrogen-bond donors (Lipinski definition) is 1. The fourth-order valence-corrected chi connectivity index (χ4v) is 2.92. The predicted molar refractivity (Wildman–Crippen MR) is 85.4 cm³/mol. The molecule has 0 aliphatic carbocycles. The zero-order chi connectivity index (χ0) is 15.4. The molecule has 0 spiro atoms. The standard InChI is InChI=1S/C17H18BrF2N/c1-3-21-16(13-9-11(2)7-8-14(13)18)10-12-5-4-6-15(19)17(12)20/h4-9,16,21H,3,10H2,1-2H3. The fraction of sp³-hybridized carbons (Fsp3) is 0.294. The fourth-order valence-electron chi connectivity index (χ4n) is 2.39. The van der Waals surface area contributed by atoms with Crippen LogP contribution < -0.4 is 5.32 Å². The number of hydrogen-bond acceptors (Lipinski definition) is 1. The number of likely N-dealkylation sites (N-methyl/N-ethyl adjacent to an activating group) is 1. The highest BCUT2D eigenvalue weighted by atomic mass is 79.9. The smallest absolute Gasteiger partial charge is 0.162 e. The third-order valence-electron chi connectivity index (χ3n) is 3.43. The van der Waals surface area contributed by atoms with E-state index in [0.717, 1.165) is 28.2 Å². The van der Waals surface area contributed by atoms with Crippen molar-refractivity contribution in [3.8, 4) is 0 Å². The second-order valence-corrected chi connectivity index (χ2v) is 5.91. The highest BCUT2D eigenvalue weighted by molar-refractivity contribution is 9.10. The summed E-state index contributed by atoms with van der Waals surface area (Å²) in [5.74, 6) is -1.56. The number of rotatable bonds is 5. The van der Waals surface area contributed by atoms with Gasteiger partial charge >= 0.3 is 0 Å². The normalized spacial score (nSPS) is 12.4. The summed E-state index contributed by atoms with van der Waals surface area (Å²) in [6.07, 6.45) is 0.402. The Morgan fingerprint density at radius 1 is 1.19 bits per heavy atom. The maximum atomic E-state index is 13.9. The molecule has 1 nitrogen and oxygen atoms in total. The summed E-state index contributed by atoms with van der Waals surface area (Å²) in [6.45, 7) is 4.77. The van der Waals surface area contributed by atoms with E-state index in [-0.39, 0.29) is 6.04 Å². The summed E-state index contributed by atoms with van der Waals surface area (Å²) < 4.78 is 28.2. The molecule has 0 heterocycles. The number of halogens is 3. The van der Waals surface area contributed by atoms with Crippen molar-refractivity contribution in [1.82, 2.24) is 5.32 Å². The van der Waals surface area contributed by atoms with Gasteiger partial charge in [-0.3, -0.25) is 0 Å². The van der Waals surface area contributed by atoms with Gasteiger partial charge in [-0.05, 0) is 43.1 Å². The maximum absolute atomic E-state index is 13.9. The molecule has 2 aromatic carbocycles.